The average Bonchev–Trinajstić information content (AvgIpc) is 2.82. The predicted molar refractivity (Wildman–Crippen MR) is 64.3 cm³/mol. The summed E-state index contributed by atoms with van der Waals surface area (Å²) in [4.78, 5) is 4.01. The van der Waals surface area contributed by atoms with Gasteiger partial charge in [-0.2, -0.15) is 10.4 Å². The first-order valence-electron chi connectivity index (χ1n) is 5.37. The van der Waals surface area contributed by atoms with Crippen molar-refractivity contribution in [2.75, 3.05) is 5.32 Å². The van der Waals surface area contributed by atoms with Crippen LogP contribution in [-0.2, 0) is 6.54 Å². The molecule has 2 aromatic rings. The Hall–Kier alpha value is -2.35. The zero-order valence-corrected chi connectivity index (χ0v) is 9.54. The van der Waals surface area contributed by atoms with E-state index in [1.165, 1.54) is 0 Å². The fourth-order valence-electron chi connectivity index (χ4n) is 1.61. The quantitative estimate of drug-likeness (QED) is 0.862. The van der Waals surface area contributed by atoms with E-state index in [9.17, 15) is 0 Å². The minimum absolute atomic E-state index is 0.172. The van der Waals surface area contributed by atoms with E-state index < -0.39 is 0 Å². The van der Waals surface area contributed by atoms with Gasteiger partial charge in [0.15, 0.2) is 0 Å². The van der Waals surface area contributed by atoms with Crippen molar-refractivity contribution in [3.8, 4) is 6.07 Å². The molecule has 1 N–H and O–H groups in total. The lowest BCUT2D eigenvalue weighted by Crippen LogP contribution is -2.22. The van der Waals surface area contributed by atoms with Crippen molar-refractivity contribution >= 4 is 5.69 Å². The van der Waals surface area contributed by atoms with Gasteiger partial charge in [0.2, 0.25) is 0 Å². The second kappa shape index (κ2) is 5.12. The molecular weight excluding hydrogens is 214 g/mol. The number of pyridine rings is 1. The number of rotatable bonds is 4. The van der Waals surface area contributed by atoms with Gasteiger partial charge >= 0.3 is 0 Å². The molecule has 86 valence electrons. The molecule has 0 saturated heterocycles. The Bertz CT molecular complexity index is 512. The SMILES string of the molecule is C[C@@H](Cn1cccn1)Nc1cnccc1C#N. The molecule has 0 radical (unpaired) electrons. The van der Waals surface area contributed by atoms with E-state index in [0.717, 1.165) is 12.2 Å². The van der Waals surface area contributed by atoms with Crippen LogP contribution in [0.5, 0.6) is 0 Å². The normalized spacial score (nSPS) is 11.8. The van der Waals surface area contributed by atoms with Crippen molar-refractivity contribution in [3.05, 3.63) is 42.5 Å². The van der Waals surface area contributed by atoms with E-state index >= 15 is 0 Å². The molecule has 0 amide bonds. The molecule has 0 fully saturated rings. The van der Waals surface area contributed by atoms with Crippen LogP contribution in [0.15, 0.2) is 36.9 Å². The fourth-order valence-corrected chi connectivity index (χ4v) is 1.61. The number of nitrogens with zero attached hydrogens (tertiary/aromatic N) is 4. The third-order valence-electron chi connectivity index (χ3n) is 2.36. The van der Waals surface area contributed by atoms with Gasteiger partial charge in [-0.05, 0) is 19.1 Å². The number of hydrogen-bond donors (Lipinski definition) is 1. The van der Waals surface area contributed by atoms with Crippen molar-refractivity contribution in [1.29, 1.82) is 5.26 Å². The maximum absolute atomic E-state index is 8.95. The molecule has 0 aliphatic rings. The summed E-state index contributed by atoms with van der Waals surface area (Å²) < 4.78 is 1.85. The zero-order chi connectivity index (χ0) is 12.1. The molecule has 2 rings (SSSR count). The van der Waals surface area contributed by atoms with Crippen LogP contribution >= 0.6 is 0 Å². The largest absolute Gasteiger partial charge is 0.378 e. The van der Waals surface area contributed by atoms with Crippen molar-refractivity contribution in [1.82, 2.24) is 14.8 Å². The number of nitrogens with one attached hydrogen (secondary N) is 1. The van der Waals surface area contributed by atoms with Gasteiger partial charge in [0.25, 0.3) is 0 Å². The van der Waals surface area contributed by atoms with Gasteiger partial charge < -0.3 is 5.32 Å². The molecule has 5 heteroatoms. The van der Waals surface area contributed by atoms with Gasteiger partial charge in [0.05, 0.1) is 24.0 Å². The summed E-state index contributed by atoms with van der Waals surface area (Å²) in [6.07, 6.45) is 6.93. The number of anilines is 1. The highest BCUT2D eigenvalue weighted by Gasteiger charge is 2.06. The topological polar surface area (TPSA) is 66.5 Å². The van der Waals surface area contributed by atoms with Crippen molar-refractivity contribution in [2.45, 2.75) is 19.5 Å². The summed E-state index contributed by atoms with van der Waals surface area (Å²) in [5, 5.41) is 16.3. The highest BCUT2D eigenvalue weighted by atomic mass is 15.3. The molecule has 2 heterocycles. The minimum atomic E-state index is 0.172. The lowest BCUT2D eigenvalue weighted by Gasteiger charge is -2.15. The molecule has 0 aliphatic carbocycles. The number of nitriles is 1. The van der Waals surface area contributed by atoms with Crippen LogP contribution in [0.3, 0.4) is 0 Å². The Balaban J connectivity index is 2.03. The summed E-state index contributed by atoms with van der Waals surface area (Å²) in [5.41, 5.74) is 1.36. The first-order chi connectivity index (χ1) is 8.29. The first kappa shape index (κ1) is 11.1. The Morgan fingerprint density at radius 1 is 1.53 bits per heavy atom. The Labute approximate surface area is 99.7 Å². The molecule has 0 bridgehead atoms. The molecule has 2 aromatic heterocycles. The third kappa shape index (κ3) is 2.82. The zero-order valence-electron chi connectivity index (χ0n) is 9.54. The van der Waals surface area contributed by atoms with Gasteiger partial charge in [0, 0.05) is 24.6 Å². The van der Waals surface area contributed by atoms with Crippen LogP contribution in [0, 0.1) is 11.3 Å². The molecule has 0 aliphatic heterocycles. The average molecular weight is 227 g/mol. The Morgan fingerprint density at radius 2 is 2.41 bits per heavy atom. The Kier molecular flexibility index (Phi) is 3.36. The van der Waals surface area contributed by atoms with Crippen molar-refractivity contribution in [2.24, 2.45) is 0 Å². The van der Waals surface area contributed by atoms with E-state index in [1.54, 1.807) is 24.7 Å². The van der Waals surface area contributed by atoms with Crippen LogP contribution < -0.4 is 5.32 Å². The lowest BCUT2D eigenvalue weighted by molar-refractivity contribution is 0.560. The predicted octanol–water partition coefficient (Wildman–Crippen LogP) is 1.65. The summed E-state index contributed by atoms with van der Waals surface area (Å²) >= 11 is 0. The monoisotopic (exact) mass is 227 g/mol. The molecule has 5 nitrogen and oxygen atoms in total. The maximum atomic E-state index is 8.95. The van der Waals surface area contributed by atoms with E-state index in [1.807, 2.05) is 23.9 Å². The second-order valence-electron chi connectivity index (χ2n) is 3.81. The lowest BCUT2D eigenvalue weighted by atomic mass is 10.2. The standard InChI is InChI=1S/C12H13N5/c1-10(9-17-6-2-4-15-17)16-12-8-14-5-3-11(12)7-13/h2-6,8,10,16H,9H2,1H3/t10-/m0/s1. The van der Waals surface area contributed by atoms with Crippen molar-refractivity contribution < 1.29 is 0 Å². The number of aromatic nitrogens is 3. The minimum Gasteiger partial charge on any atom is -0.378 e. The molecule has 0 aromatic carbocycles. The van der Waals surface area contributed by atoms with E-state index in [0.29, 0.717) is 5.56 Å². The summed E-state index contributed by atoms with van der Waals surface area (Å²) in [6.45, 7) is 2.78. The third-order valence-corrected chi connectivity index (χ3v) is 2.36. The van der Waals surface area contributed by atoms with Gasteiger partial charge in [-0.25, -0.2) is 0 Å². The van der Waals surface area contributed by atoms with Gasteiger partial charge in [-0.3, -0.25) is 9.67 Å². The molecule has 1 atom stereocenters. The Morgan fingerprint density at radius 3 is 3.12 bits per heavy atom. The molecule has 0 saturated carbocycles. The van der Waals surface area contributed by atoms with Crippen LogP contribution in [-0.4, -0.2) is 20.8 Å². The van der Waals surface area contributed by atoms with Gasteiger partial charge in [-0.15, -0.1) is 0 Å². The van der Waals surface area contributed by atoms with Crippen LogP contribution in [0.1, 0.15) is 12.5 Å². The smallest absolute Gasteiger partial charge is 0.101 e. The molecule has 0 spiro atoms. The van der Waals surface area contributed by atoms with E-state index in [-0.39, 0.29) is 6.04 Å². The molecule has 17 heavy (non-hydrogen) atoms. The maximum Gasteiger partial charge on any atom is 0.101 e. The van der Waals surface area contributed by atoms with Crippen LogP contribution in [0.4, 0.5) is 5.69 Å². The second-order valence-corrected chi connectivity index (χ2v) is 3.81. The molecule has 0 unspecified atom stereocenters. The van der Waals surface area contributed by atoms with Crippen molar-refractivity contribution in [3.63, 3.8) is 0 Å². The van der Waals surface area contributed by atoms with Gasteiger partial charge in [-0.1, -0.05) is 0 Å². The first-order valence-corrected chi connectivity index (χ1v) is 5.37. The fraction of sp³-hybridized carbons (Fsp3) is 0.250. The highest BCUT2D eigenvalue weighted by molar-refractivity contribution is 5.55. The summed E-state index contributed by atoms with van der Waals surface area (Å²) in [6, 6.07) is 5.89. The van der Waals surface area contributed by atoms with E-state index in [4.69, 9.17) is 5.26 Å². The number of hydrogen-bond acceptors (Lipinski definition) is 4. The summed E-state index contributed by atoms with van der Waals surface area (Å²) in [7, 11) is 0. The van der Waals surface area contributed by atoms with Crippen LogP contribution in [0.25, 0.3) is 0 Å². The summed E-state index contributed by atoms with van der Waals surface area (Å²) in [5.74, 6) is 0. The van der Waals surface area contributed by atoms with Crippen LogP contribution in [0.2, 0.25) is 0 Å². The van der Waals surface area contributed by atoms with E-state index in [2.05, 4.69) is 21.5 Å². The highest BCUT2D eigenvalue weighted by Crippen LogP contribution is 2.13. The van der Waals surface area contributed by atoms with Gasteiger partial charge in [0.1, 0.15) is 6.07 Å². The molecular formula is C12H13N5.